The Morgan fingerprint density at radius 2 is 1.90 bits per heavy atom. The zero-order valence-corrected chi connectivity index (χ0v) is 12.9. The molecule has 1 aromatic rings. The summed E-state index contributed by atoms with van der Waals surface area (Å²) in [4.78, 5) is 14.3. The number of carbonyl (C=O) groups excluding carboxylic acids is 1. The van der Waals surface area contributed by atoms with E-state index in [1.165, 1.54) is 12.0 Å². The average molecular weight is 286 g/mol. The number of carbonyl (C=O) groups is 1. The molecule has 0 heterocycles. The number of hydrogen-bond donors (Lipinski definition) is 1. The topological polar surface area (TPSA) is 32.3 Å². The summed E-state index contributed by atoms with van der Waals surface area (Å²) in [6.45, 7) is 2.80. The minimum atomic E-state index is 0.299. The number of nitrogens with zero attached hydrogens (tertiary/aromatic N) is 1. The van der Waals surface area contributed by atoms with Gasteiger partial charge < -0.3 is 10.2 Å². The monoisotopic (exact) mass is 286 g/mol. The van der Waals surface area contributed by atoms with E-state index in [2.05, 4.69) is 41.5 Å². The molecule has 3 nitrogen and oxygen atoms in total. The van der Waals surface area contributed by atoms with Crippen molar-refractivity contribution in [1.29, 1.82) is 0 Å². The quantitative estimate of drug-likeness (QED) is 0.782. The van der Waals surface area contributed by atoms with Crippen molar-refractivity contribution in [2.24, 2.45) is 17.8 Å². The highest BCUT2D eigenvalue weighted by Crippen LogP contribution is 2.54. The van der Waals surface area contributed by atoms with Gasteiger partial charge in [0.25, 0.3) is 0 Å². The zero-order chi connectivity index (χ0) is 14.7. The first kappa shape index (κ1) is 14.6. The first-order valence-electron chi connectivity index (χ1n) is 8.22. The lowest BCUT2D eigenvalue weighted by molar-refractivity contribution is -0.125. The van der Waals surface area contributed by atoms with Gasteiger partial charge in [-0.3, -0.25) is 4.79 Å². The molecule has 2 aliphatic rings. The molecule has 0 aromatic heterocycles. The van der Waals surface area contributed by atoms with Gasteiger partial charge in [0, 0.05) is 19.0 Å². The summed E-state index contributed by atoms with van der Waals surface area (Å²) in [5, 5.41) is 3.12. The second-order valence-electron chi connectivity index (χ2n) is 6.79. The summed E-state index contributed by atoms with van der Waals surface area (Å²) in [6, 6.07) is 10.5. The van der Waals surface area contributed by atoms with Crippen LogP contribution in [0.2, 0.25) is 0 Å². The molecule has 2 saturated carbocycles. The van der Waals surface area contributed by atoms with Crippen molar-refractivity contribution in [3.63, 3.8) is 0 Å². The van der Waals surface area contributed by atoms with Gasteiger partial charge in [0.15, 0.2) is 0 Å². The molecule has 2 atom stereocenters. The second-order valence-corrected chi connectivity index (χ2v) is 6.79. The molecule has 1 N–H and O–H groups in total. The SMILES string of the molecule is CN(CCCNC(=O)C1CC2CC2C1)Cc1ccccc1. The maximum Gasteiger partial charge on any atom is 0.223 e. The molecule has 0 spiro atoms. The first-order chi connectivity index (χ1) is 10.2. The van der Waals surface area contributed by atoms with Crippen LogP contribution in [0.25, 0.3) is 0 Å². The molecule has 0 bridgehead atoms. The number of amides is 1. The van der Waals surface area contributed by atoms with Crippen molar-refractivity contribution >= 4 is 5.91 Å². The van der Waals surface area contributed by atoms with Gasteiger partial charge in [-0.2, -0.15) is 0 Å². The minimum absolute atomic E-state index is 0.299. The highest BCUT2D eigenvalue weighted by atomic mass is 16.1. The fourth-order valence-corrected chi connectivity index (χ4v) is 3.61. The van der Waals surface area contributed by atoms with Crippen LogP contribution in [0.15, 0.2) is 30.3 Å². The molecule has 114 valence electrons. The highest BCUT2D eigenvalue weighted by molar-refractivity contribution is 5.79. The van der Waals surface area contributed by atoms with Gasteiger partial charge >= 0.3 is 0 Å². The summed E-state index contributed by atoms with van der Waals surface area (Å²) >= 11 is 0. The molecule has 2 fully saturated rings. The third kappa shape index (κ3) is 4.07. The van der Waals surface area contributed by atoms with Gasteiger partial charge in [-0.25, -0.2) is 0 Å². The van der Waals surface area contributed by atoms with E-state index in [4.69, 9.17) is 0 Å². The molecule has 0 saturated heterocycles. The number of hydrogen-bond acceptors (Lipinski definition) is 2. The van der Waals surface area contributed by atoms with Gasteiger partial charge in [0.05, 0.1) is 0 Å². The maximum atomic E-state index is 12.0. The Hall–Kier alpha value is -1.35. The third-order valence-electron chi connectivity index (χ3n) is 4.93. The van der Waals surface area contributed by atoms with Crippen molar-refractivity contribution in [3.05, 3.63) is 35.9 Å². The predicted molar refractivity (Wildman–Crippen MR) is 84.7 cm³/mol. The van der Waals surface area contributed by atoms with E-state index in [9.17, 15) is 4.79 Å². The molecular weight excluding hydrogens is 260 g/mol. The second kappa shape index (κ2) is 6.61. The smallest absolute Gasteiger partial charge is 0.223 e. The van der Waals surface area contributed by atoms with Crippen molar-refractivity contribution in [2.45, 2.75) is 32.2 Å². The molecule has 2 unspecified atom stereocenters. The molecule has 1 aromatic carbocycles. The van der Waals surface area contributed by atoms with Crippen LogP contribution in [-0.4, -0.2) is 30.9 Å². The van der Waals surface area contributed by atoms with E-state index in [-0.39, 0.29) is 0 Å². The molecule has 2 aliphatic carbocycles. The van der Waals surface area contributed by atoms with E-state index >= 15 is 0 Å². The standard InChI is InChI=1S/C18H26N2O/c1-20(13-14-6-3-2-4-7-14)9-5-8-19-18(21)17-11-15-10-16(15)12-17/h2-4,6-7,15-17H,5,8-13H2,1H3,(H,19,21). The summed E-state index contributed by atoms with van der Waals surface area (Å²) in [5.74, 6) is 2.39. The third-order valence-corrected chi connectivity index (χ3v) is 4.93. The molecule has 1 amide bonds. The molecule has 3 rings (SSSR count). The molecular formula is C18H26N2O. The lowest BCUT2D eigenvalue weighted by Gasteiger charge is -2.17. The number of fused-ring (bicyclic) bond motifs is 1. The normalized spacial score (nSPS) is 26.7. The van der Waals surface area contributed by atoms with Crippen LogP contribution in [0.5, 0.6) is 0 Å². The van der Waals surface area contributed by atoms with E-state index in [0.29, 0.717) is 11.8 Å². The number of nitrogens with one attached hydrogen (secondary N) is 1. The summed E-state index contributed by atoms with van der Waals surface area (Å²) in [7, 11) is 2.14. The number of rotatable bonds is 7. The van der Waals surface area contributed by atoms with Gasteiger partial charge in [0.1, 0.15) is 0 Å². The Labute approximate surface area is 127 Å². The number of benzene rings is 1. The molecule has 21 heavy (non-hydrogen) atoms. The van der Waals surface area contributed by atoms with E-state index in [1.54, 1.807) is 0 Å². The van der Waals surface area contributed by atoms with Crippen LogP contribution in [0.1, 0.15) is 31.2 Å². The fourth-order valence-electron chi connectivity index (χ4n) is 3.61. The van der Waals surface area contributed by atoms with E-state index in [0.717, 1.165) is 50.7 Å². The van der Waals surface area contributed by atoms with Crippen LogP contribution < -0.4 is 5.32 Å². The average Bonchev–Trinajstić information content (AvgIpc) is 3.10. The fraction of sp³-hybridized carbons (Fsp3) is 0.611. The van der Waals surface area contributed by atoms with Crippen LogP contribution in [0, 0.1) is 17.8 Å². The van der Waals surface area contributed by atoms with Crippen LogP contribution >= 0.6 is 0 Å². The van der Waals surface area contributed by atoms with Crippen LogP contribution in [0.4, 0.5) is 0 Å². The minimum Gasteiger partial charge on any atom is -0.356 e. The van der Waals surface area contributed by atoms with Gasteiger partial charge in [-0.1, -0.05) is 30.3 Å². The Bertz CT molecular complexity index is 463. The summed E-state index contributed by atoms with van der Waals surface area (Å²) in [6.07, 6.45) is 4.69. The molecule has 0 radical (unpaired) electrons. The Balaban J connectivity index is 1.28. The molecule has 3 heteroatoms. The summed E-state index contributed by atoms with van der Waals surface area (Å²) < 4.78 is 0. The van der Waals surface area contributed by atoms with E-state index in [1.807, 2.05) is 6.07 Å². The van der Waals surface area contributed by atoms with Crippen molar-refractivity contribution in [1.82, 2.24) is 10.2 Å². The van der Waals surface area contributed by atoms with Gasteiger partial charge in [-0.05, 0) is 56.7 Å². The van der Waals surface area contributed by atoms with Crippen LogP contribution in [0.3, 0.4) is 0 Å². The Kier molecular flexibility index (Phi) is 4.59. The van der Waals surface area contributed by atoms with Gasteiger partial charge in [0.2, 0.25) is 5.91 Å². The largest absolute Gasteiger partial charge is 0.356 e. The van der Waals surface area contributed by atoms with E-state index < -0.39 is 0 Å². The summed E-state index contributed by atoms with van der Waals surface area (Å²) in [5.41, 5.74) is 1.34. The Morgan fingerprint density at radius 3 is 2.62 bits per heavy atom. The van der Waals surface area contributed by atoms with Crippen LogP contribution in [-0.2, 0) is 11.3 Å². The lowest BCUT2D eigenvalue weighted by atomic mass is 10.0. The van der Waals surface area contributed by atoms with Gasteiger partial charge in [-0.15, -0.1) is 0 Å². The zero-order valence-electron chi connectivity index (χ0n) is 12.9. The first-order valence-corrected chi connectivity index (χ1v) is 8.22. The maximum absolute atomic E-state index is 12.0. The van der Waals surface area contributed by atoms with Crippen molar-refractivity contribution in [3.8, 4) is 0 Å². The Morgan fingerprint density at radius 1 is 1.19 bits per heavy atom. The predicted octanol–water partition coefficient (Wildman–Crippen LogP) is 2.67. The highest BCUT2D eigenvalue weighted by Gasteiger charge is 2.47. The van der Waals surface area contributed by atoms with Crippen molar-refractivity contribution in [2.75, 3.05) is 20.1 Å². The molecule has 0 aliphatic heterocycles. The lowest BCUT2D eigenvalue weighted by Crippen LogP contribution is -2.32. The van der Waals surface area contributed by atoms with Crippen molar-refractivity contribution < 1.29 is 4.79 Å².